The maximum atomic E-state index is 12.8. The summed E-state index contributed by atoms with van der Waals surface area (Å²) in [5.41, 5.74) is 2.46. The third-order valence-corrected chi connectivity index (χ3v) is 6.22. The highest BCUT2D eigenvalue weighted by molar-refractivity contribution is 7.17. The van der Waals surface area contributed by atoms with Gasteiger partial charge in [0, 0.05) is 11.1 Å². The van der Waals surface area contributed by atoms with Crippen LogP contribution in [0.15, 0.2) is 12.3 Å². The fourth-order valence-corrected chi connectivity index (χ4v) is 4.46. The third kappa shape index (κ3) is 4.24. The second-order valence-electron chi connectivity index (χ2n) is 7.14. The van der Waals surface area contributed by atoms with Gasteiger partial charge in [-0.25, -0.2) is 4.79 Å². The van der Waals surface area contributed by atoms with Gasteiger partial charge in [0.05, 0.1) is 17.4 Å². The molecule has 2 atom stereocenters. The van der Waals surface area contributed by atoms with Crippen molar-refractivity contribution in [2.45, 2.75) is 71.9 Å². The number of anilines is 1. The van der Waals surface area contributed by atoms with Crippen molar-refractivity contribution in [3.63, 3.8) is 0 Å². The molecule has 0 spiro atoms. The van der Waals surface area contributed by atoms with E-state index < -0.39 is 6.04 Å². The van der Waals surface area contributed by atoms with E-state index in [0.717, 1.165) is 43.4 Å². The van der Waals surface area contributed by atoms with Crippen LogP contribution in [0.5, 0.6) is 0 Å². The molecule has 2 aromatic rings. The lowest BCUT2D eigenvalue weighted by Crippen LogP contribution is -2.25. The molecule has 0 saturated carbocycles. The van der Waals surface area contributed by atoms with E-state index in [1.54, 1.807) is 17.8 Å². The summed E-state index contributed by atoms with van der Waals surface area (Å²) in [5, 5.41) is 7.89. The molecule has 0 fully saturated rings. The van der Waals surface area contributed by atoms with Crippen LogP contribution in [0.4, 0.5) is 5.00 Å². The Morgan fingerprint density at radius 1 is 1.33 bits per heavy atom. The van der Waals surface area contributed by atoms with Crippen LogP contribution in [0, 0.1) is 6.92 Å². The van der Waals surface area contributed by atoms with Crippen LogP contribution in [0.25, 0.3) is 0 Å². The van der Waals surface area contributed by atoms with Crippen LogP contribution in [0.3, 0.4) is 0 Å². The van der Waals surface area contributed by atoms with Gasteiger partial charge in [-0.05, 0) is 64.5 Å². The first-order chi connectivity index (χ1) is 12.9. The third-order valence-electron chi connectivity index (χ3n) is 5.01. The predicted molar refractivity (Wildman–Crippen MR) is 106 cm³/mol. The summed E-state index contributed by atoms with van der Waals surface area (Å²) in [7, 11) is 0. The van der Waals surface area contributed by atoms with E-state index >= 15 is 0 Å². The second-order valence-corrected chi connectivity index (χ2v) is 8.25. The molecular formula is C20H27N3O3S. The summed E-state index contributed by atoms with van der Waals surface area (Å²) in [5.74, 6) is -0.518. The Kier molecular flexibility index (Phi) is 5.99. The zero-order valence-electron chi connectivity index (χ0n) is 16.4. The van der Waals surface area contributed by atoms with Gasteiger partial charge in [-0.15, -0.1) is 11.3 Å². The van der Waals surface area contributed by atoms with Crippen molar-refractivity contribution in [1.29, 1.82) is 0 Å². The molecule has 0 bridgehead atoms. The molecular weight excluding hydrogens is 362 g/mol. The number of esters is 1. The Balaban J connectivity index is 1.86. The van der Waals surface area contributed by atoms with E-state index in [0.29, 0.717) is 10.6 Å². The first-order valence-corrected chi connectivity index (χ1v) is 10.4. The molecule has 27 heavy (non-hydrogen) atoms. The number of hydrogen-bond donors (Lipinski definition) is 1. The van der Waals surface area contributed by atoms with Crippen molar-refractivity contribution < 1.29 is 14.3 Å². The molecule has 2 aromatic heterocycles. The number of nitrogens with one attached hydrogen (secondary N) is 1. The summed E-state index contributed by atoms with van der Waals surface area (Å²) < 4.78 is 7.21. The van der Waals surface area contributed by atoms with Crippen LogP contribution in [0.2, 0.25) is 0 Å². The number of rotatable bonds is 6. The predicted octanol–water partition coefficient (Wildman–Crippen LogP) is 4.29. The highest BCUT2D eigenvalue weighted by Crippen LogP contribution is 2.39. The molecule has 7 heteroatoms. The van der Waals surface area contributed by atoms with Gasteiger partial charge < -0.3 is 10.1 Å². The van der Waals surface area contributed by atoms with E-state index in [4.69, 9.17) is 4.74 Å². The average molecular weight is 390 g/mol. The van der Waals surface area contributed by atoms with Gasteiger partial charge in [0.2, 0.25) is 5.91 Å². The molecule has 1 aliphatic carbocycles. The van der Waals surface area contributed by atoms with Gasteiger partial charge in [-0.1, -0.05) is 6.92 Å². The lowest BCUT2D eigenvalue weighted by atomic mass is 9.95. The number of amides is 1. The summed E-state index contributed by atoms with van der Waals surface area (Å²) in [6, 6.07) is 1.40. The molecule has 0 saturated heterocycles. The second kappa shape index (κ2) is 8.25. The maximum absolute atomic E-state index is 12.8. The Morgan fingerprint density at radius 3 is 2.74 bits per heavy atom. The minimum Gasteiger partial charge on any atom is -0.459 e. The minimum absolute atomic E-state index is 0.147. The molecule has 2 heterocycles. The van der Waals surface area contributed by atoms with E-state index in [9.17, 15) is 9.59 Å². The molecule has 0 radical (unpaired) electrons. The standard InChI is InChI=1S/C20H27N3O3S/c1-5-13(3)26-20(25)17-15-8-6-7-9-16(15)27-19(17)21-18(24)14(4)23-11-10-12(2)22-23/h10-11,13-14H,5-9H2,1-4H3,(H,21,24). The Labute approximate surface area is 163 Å². The molecule has 146 valence electrons. The van der Waals surface area contributed by atoms with Crippen LogP contribution in [0.1, 0.15) is 72.6 Å². The SMILES string of the molecule is CCC(C)OC(=O)c1c(NC(=O)C(C)n2ccc(C)n2)sc2c1CCCC2. The molecule has 3 rings (SSSR count). The van der Waals surface area contributed by atoms with Crippen molar-refractivity contribution >= 4 is 28.2 Å². The van der Waals surface area contributed by atoms with Crippen LogP contribution < -0.4 is 5.32 Å². The first kappa shape index (κ1) is 19.6. The van der Waals surface area contributed by atoms with E-state index in [1.165, 1.54) is 16.2 Å². The normalized spacial score (nSPS) is 15.7. The smallest absolute Gasteiger partial charge is 0.341 e. The fraction of sp³-hybridized carbons (Fsp3) is 0.550. The number of thiophene rings is 1. The zero-order chi connectivity index (χ0) is 19.6. The number of aryl methyl sites for hydroxylation is 2. The van der Waals surface area contributed by atoms with Crippen LogP contribution in [-0.4, -0.2) is 27.8 Å². The topological polar surface area (TPSA) is 73.2 Å². The zero-order valence-corrected chi connectivity index (χ0v) is 17.2. The van der Waals surface area contributed by atoms with E-state index in [1.807, 2.05) is 26.8 Å². The number of aromatic nitrogens is 2. The Bertz CT molecular complexity index is 840. The summed E-state index contributed by atoms with van der Waals surface area (Å²) in [4.78, 5) is 26.8. The molecule has 6 nitrogen and oxygen atoms in total. The highest BCUT2D eigenvalue weighted by atomic mass is 32.1. The van der Waals surface area contributed by atoms with E-state index in [2.05, 4.69) is 10.4 Å². The Morgan fingerprint density at radius 2 is 2.07 bits per heavy atom. The van der Waals surface area contributed by atoms with Crippen molar-refractivity contribution in [1.82, 2.24) is 9.78 Å². The fourth-order valence-electron chi connectivity index (χ4n) is 3.18. The van der Waals surface area contributed by atoms with Crippen LogP contribution >= 0.6 is 11.3 Å². The van der Waals surface area contributed by atoms with Crippen molar-refractivity contribution in [3.05, 3.63) is 34.0 Å². The summed E-state index contributed by atoms with van der Waals surface area (Å²) >= 11 is 1.51. The number of carbonyl (C=O) groups excluding carboxylic acids is 2. The lowest BCUT2D eigenvalue weighted by molar-refractivity contribution is -0.119. The molecule has 0 aromatic carbocycles. The molecule has 2 unspecified atom stereocenters. The van der Waals surface area contributed by atoms with Gasteiger partial charge in [0.15, 0.2) is 0 Å². The first-order valence-electron chi connectivity index (χ1n) is 9.58. The van der Waals surface area contributed by atoms with Gasteiger partial charge in [-0.3, -0.25) is 9.48 Å². The Hall–Kier alpha value is -2.15. The number of nitrogens with zero attached hydrogens (tertiary/aromatic N) is 2. The quantitative estimate of drug-likeness (QED) is 0.748. The number of hydrogen-bond acceptors (Lipinski definition) is 5. The number of fused-ring (bicyclic) bond motifs is 1. The van der Waals surface area contributed by atoms with Gasteiger partial charge in [-0.2, -0.15) is 5.10 Å². The van der Waals surface area contributed by atoms with E-state index in [-0.39, 0.29) is 18.0 Å². The lowest BCUT2D eigenvalue weighted by Gasteiger charge is -2.16. The van der Waals surface area contributed by atoms with Gasteiger partial charge >= 0.3 is 5.97 Å². The van der Waals surface area contributed by atoms with Gasteiger partial charge in [0.25, 0.3) is 0 Å². The minimum atomic E-state index is -0.462. The van der Waals surface area contributed by atoms with Crippen molar-refractivity contribution in [3.8, 4) is 0 Å². The number of carbonyl (C=O) groups is 2. The largest absolute Gasteiger partial charge is 0.459 e. The average Bonchev–Trinajstić information content (AvgIpc) is 3.23. The molecule has 1 amide bonds. The monoisotopic (exact) mass is 389 g/mol. The molecule has 0 aliphatic heterocycles. The van der Waals surface area contributed by atoms with Crippen LogP contribution in [-0.2, 0) is 22.4 Å². The highest BCUT2D eigenvalue weighted by Gasteiger charge is 2.29. The maximum Gasteiger partial charge on any atom is 0.341 e. The van der Waals surface area contributed by atoms with Crippen molar-refractivity contribution in [2.24, 2.45) is 0 Å². The van der Waals surface area contributed by atoms with Crippen molar-refractivity contribution in [2.75, 3.05) is 5.32 Å². The number of ether oxygens (including phenoxy) is 1. The summed E-state index contributed by atoms with van der Waals surface area (Å²) in [6.45, 7) is 7.55. The molecule has 1 N–H and O–H groups in total. The van der Waals surface area contributed by atoms with Gasteiger partial charge in [0.1, 0.15) is 11.0 Å². The molecule has 1 aliphatic rings. The summed E-state index contributed by atoms with van der Waals surface area (Å²) in [6.07, 6.45) is 6.39.